The molecule has 33 heavy (non-hydrogen) atoms. The van der Waals surface area contributed by atoms with Crippen molar-refractivity contribution >= 4 is 38.3 Å². The summed E-state index contributed by atoms with van der Waals surface area (Å²) in [5.74, 6) is 0. The number of nitrogens with zero attached hydrogens (tertiary/aromatic N) is 4. The smallest absolute Gasteiger partial charge is 0.272 e. The zero-order valence-electron chi connectivity index (χ0n) is 18.5. The van der Waals surface area contributed by atoms with Gasteiger partial charge in [-0.2, -0.15) is 0 Å². The summed E-state index contributed by atoms with van der Waals surface area (Å²) >= 11 is 3.52. The van der Waals surface area contributed by atoms with E-state index in [0.717, 1.165) is 64.1 Å². The lowest BCUT2D eigenvalue weighted by molar-refractivity contribution is -0.385. The van der Waals surface area contributed by atoms with E-state index in [0.29, 0.717) is 5.56 Å². The normalized spacial score (nSPS) is 14.7. The highest BCUT2D eigenvalue weighted by Crippen LogP contribution is 2.40. The van der Waals surface area contributed by atoms with Gasteiger partial charge in [-0.1, -0.05) is 24.3 Å². The van der Waals surface area contributed by atoms with E-state index in [1.807, 2.05) is 12.1 Å². The molecule has 1 fully saturated rings. The Bertz CT molecular complexity index is 1340. The average Bonchev–Trinajstić information content (AvgIpc) is 3.18. The molecule has 0 saturated carbocycles. The van der Waals surface area contributed by atoms with Gasteiger partial charge >= 0.3 is 0 Å². The molecule has 1 N–H and O–H groups in total. The third-order valence-electron chi connectivity index (χ3n) is 6.34. The van der Waals surface area contributed by atoms with Crippen LogP contribution in [0.3, 0.4) is 0 Å². The molecule has 1 aliphatic rings. The molecule has 7 nitrogen and oxygen atoms in total. The number of aromatic amines is 1. The number of hydrogen-bond acceptors (Lipinski definition) is 5. The highest BCUT2D eigenvalue weighted by atomic mass is 79.9. The van der Waals surface area contributed by atoms with E-state index >= 15 is 0 Å². The number of fused-ring (bicyclic) bond motifs is 1. The molecule has 5 rings (SSSR count). The molecule has 0 aliphatic carbocycles. The predicted molar refractivity (Wildman–Crippen MR) is 136 cm³/mol. The highest BCUT2D eigenvalue weighted by molar-refractivity contribution is 9.10. The van der Waals surface area contributed by atoms with Crippen LogP contribution in [0.1, 0.15) is 5.56 Å². The van der Waals surface area contributed by atoms with Gasteiger partial charge in [-0.3, -0.25) is 10.1 Å². The number of anilines is 1. The minimum atomic E-state index is -0.327. The fraction of sp³-hybridized carbons (Fsp3) is 0.240. The largest absolute Gasteiger partial charge is 0.369 e. The third-order valence-corrected chi connectivity index (χ3v) is 6.77. The Kier molecular flexibility index (Phi) is 5.64. The summed E-state index contributed by atoms with van der Waals surface area (Å²) < 4.78 is 0.855. The number of nitro groups is 1. The van der Waals surface area contributed by atoms with E-state index in [-0.39, 0.29) is 10.6 Å². The maximum atomic E-state index is 11.6. The first-order chi connectivity index (χ1) is 15.9. The molecule has 168 valence electrons. The van der Waals surface area contributed by atoms with E-state index in [9.17, 15) is 10.1 Å². The molecule has 0 radical (unpaired) electrons. The Morgan fingerprint density at radius 2 is 1.73 bits per heavy atom. The second-order valence-corrected chi connectivity index (χ2v) is 9.44. The number of likely N-dealkylation sites (N-methyl/N-ethyl adjacent to an activating group) is 1. The summed E-state index contributed by atoms with van der Waals surface area (Å²) in [5, 5.41) is 12.5. The second-order valence-electron chi connectivity index (χ2n) is 8.52. The van der Waals surface area contributed by atoms with Gasteiger partial charge in [0.1, 0.15) is 5.65 Å². The molecule has 1 saturated heterocycles. The Morgan fingerprint density at radius 3 is 2.42 bits per heavy atom. The van der Waals surface area contributed by atoms with Crippen LogP contribution in [-0.2, 0) is 0 Å². The first kappa shape index (κ1) is 21.6. The molecule has 0 amide bonds. The molecule has 1 aliphatic heterocycles. The van der Waals surface area contributed by atoms with Gasteiger partial charge in [-0.15, -0.1) is 0 Å². The summed E-state index contributed by atoms with van der Waals surface area (Å²) in [6, 6.07) is 15.9. The SMILES string of the molecule is Cc1ccc(-c2c(-c3ccc(N4CCN(C)CC4)cc3)[nH]c3ncc(Br)cc23)cc1[N+](=O)[O-]. The Morgan fingerprint density at radius 1 is 1.03 bits per heavy atom. The summed E-state index contributed by atoms with van der Waals surface area (Å²) in [6.07, 6.45) is 1.75. The van der Waals surface area contributed by atoms with Gasteiger partial charge < -0.3 is 14.8 Å². The highest BCUT2D eigenvalue weighted by Gasteiger charge is 2.20. The average molecular weight is 506 g/mol. The van der Waals surface area contributed by atoms with Gasteiger partial charge in [0, 0.05) is 65.1 Å². The quantitative estimate of drug-likeness (QED) is 0.287. The van der Waals surface area contributed by atoms with Gasteiger partial charge in [0.25, 0.3) is 5.69 Å². The van der Waals surface area contributed by atoms with Crippen LogP contribution in [-0.4, -0.2) is 53.0 Å². The lowest BCUT2D eigenvalue weighted by Crippen LogP contribution is -2.44. The van der Waals surface area contributed by atoms with Crippen molar-refractivity contribution in [2.45, 2.75) is 6.92 Å². The standard InChI is InChI=1S/C25H24BrN5O2/c1-16-3-4-18(13-22(16)31(32)33)23-21-14-19(26)15-27-25(21)28-24(23)17-5-7-20(8-6-17)30-11-9-29(2)10-12-30/h3-8,13-15H,9-12H2,1-2H3,(H,27,28). The number of hydrogen-bond donors (Lipinski definition) is 1. The van der Waals surface area contributed by atoms with Gasteiger partial charge in [0.05, 0.1) is 10.6 Å². The molecule has 2 aromatic heterocycles. The molecule has 0 bridgehead atoms. The molecule has 4 aromatic rings. The lowest BCUT2D eigenvalue weighted by atomic mass is 9.97. The Balaban J connectivity index is 1.62. The van der Waals surface area contributed by atoms with Gasteiger partial charge in [-0.25, -0.2) is 4.98 Å². The molecule has 0 unspecified atom stereocenters. The van der Waals surface area contributed by atoms with Crippen molar-refractivity contribution < 1.29 is 4.92 Å². The Hall–Kier alpha value is -3.23. The number of aryl methyl sites for hydroxylation is 1. The first-order valence-corrected chi connectivity index (χ1v) is 11.7. The van der Waals surface area contributed by atoms with Crippen molar-refractivity contribution in [2.24, 2.45) is 0 Å². The van der Waals surface area contributed by atoms with Crippen LogP contribution in [0.25, 0.3) is 33.4 Å². The van der Waals surface area contributed by atoms with Crippen LogP contribution in [0.2, 0.25) is 0 Å². The number of rotatable bonds is 4. The van der Waals surface area contributed by atoms with Crippen molar-refractivity contribution in [1.82, 2.24) is 14.9 Å². The van der Waals surface area contributed by atoms with E-state index < -0.39 is 0 Å². The maximum absolute atomic E-state index is 11.6. The molecular formula is C25H24BrN5O2. The molecule has 0 spiro atoms. The van der Waals surface area contributed by atoms with Gasteiger partial charge in [-0.05, 0) is 59.2 Å². The first-order valence-electron chi connectivity index (χ1n) is 10.9. The van der Waals surface area contributed by atoms with E-state index in [1.54, 1.807) is 25.3 Å². The van der Waals surface area contributed by atoms with Crippen LogP contribution < -0.4 is 4.90 Å². The predicted octanol–water partition coefficient (Wildman–Crippen LogP) is 5.63. The van der Waals surface area contributed by atoms with Crippen molar-refractivity contribution in [3.05, 3.63) is 74.9 Å². The molecule has 8 heteroatoms. The number of H-pyrrole nitrogens is 1. The van der Waals surface area contributed by atoms with Crippen LogP contribution in [0, 0.1) is 17.0 Å². The van der Waals surface area contributed by atoms with Crippen molar-refractivity contribution in [3.8, 4) is 22.4 Å². The minimum absolute atomic E-state index is 0.112. The van der Waals surface area contributed by atoms with Gasteiger partial charge in [0.15, 0.2) is 0 Å². The zero-order chi connectivity index (χ0) is 23.1. The van der Waals surface area contributed by atoms with Crippen LogP contribution in [0.15, 0.2) is 59.2 Å². The summed E-state index contributed by atoms with van der Waals surface area (Å²) in [4.78, 5) is 24.0. The Labute approximate surface area is 200 Å². The summed E-state index contributed by atoms with van der Waals surface area (Å²) in [6.45, 7) is 5.89. The monoisotopic (exact) mass is 505 g/mol. The van der Waals surface area contributed by atoms with Crippen molar-refractivity contribution in [2.75, 3.05) is 38.1 Å². The fourth-order valence-corrected chi connectivity index (χ4v) is 4.76. The molecule has 3 heterocycles. The lowest BCUT2D eigenvalue weighted by Gasteiger charge is -2.34. The molecule has 2 aromatic carbocycles. The zero-order valence-corrected chi connectivity index (χ0v) is 20.1. The van der Waals surface area contributed by atoms with Crippen LogP contribution >= 0.6 is 15.9 Å². The fourth-order valence-electron chi connectivity index (χ4n) is 4.43. The van der Waals surface area contributed by atoms with Crippen molar-refractivity contribution in [3.63, 3.8) is 0 Å². The number of piperazine rings is 1. The second kappa shape index (κ2) is 8.61. The summed E-state index contributed by atoms with van der Waals surface area (Å²) in [5.41, 5.74) is 6.32. The number of nitro benzene ring substituents is 1. The van der Waals surface area contributed by atoms with E-state index in [1.165, 1.54) is 5.69 Å². The van der Waals surface area contributed by atoms with Crippen LogP contribution in [0.4, 0.5) is 11.4 Å². The number of halogens is 1. The van der Waals surface area contributed by atoms with Crippen molar-refractivity contribution in [1.29, 1.82) is 0 Å². The molecular weight excluding hydrogens is 482 g/mol. The van der Waals surface area contributed by atoms with E-state index in [4.69, 9.17) is 0 Å². The topological polar surface area (TPSA) is 78.3 Å². The molecule has 0 atom stereocenters. The number of nitrogens with one attached hydrogen (secondary N) is 1. The number of pyridine rings is 1. The van der Waals surface area contributed by atoms with Gasteiger partial charge in [0.2, 0.25) is 0 Å². The third kappa shape index (κ3) is 4.12. The number of benzene rings is 2. The maximum Gasteiger partial charge on any atom is 0.272 e. The number of aromatic nitrogens is 2. The minimum Gasteiger partial charge on any atom is -0.369 e. The summed E-state index contributed by atoms with van der Waals surface area (Å²) in [7, 11) is 2.15. The van der Waals surface area contributed by atoms with E-state index in [2.05, 4.69) is 67.0 Å². The van der Waals surface area contributed by atoms with Crippen LogP contribution in [0.5, 0.6) is 0 Å².